The number of nitrogens with zero attached hydrogens (tertiary/aromatic N) is 1. The van der Waals surface area contributed by atoms with Crippen LogP contribution in [0.25, 0.3) is 0 Å². The summed E-state index contributed by atoms with van der Waals surface area (Å²) < 4.78 is 0. The number of aryl methyl sites for hydroxylation is 1. The van der Waals surface area contributed by atoms with Crippen molar-refractivity contribution < 1.29 is 0 Å². The van der Waals surface area contributed by atoms with Crippen LogP contribution in [0, 0.1) is 0 Å². The molecule has 0 saturated heterocycles. The zero-order valence-electron chi connectivity index (χ0n) is 9.66. The smallest absolute Gasteiger partial charge is 0.0482 e. The first-order valence-electron chi connectivity index (χ1n) is 6.04. The van der Waals surface area contributed by atoms with E-state index < -0.39 is 0 Å². The Morgan fingerprint density at radius 2 is 2.40 bits per heavy atom. The van der Waals surface area contributed by atoms with Crippen LogP contribution in [0.4, 0.5) is 0 Å². The molecule has 1 N–H and O–H groups in total. The Labute approximate surface area is 92.1 Å². The number of hydrogen-bond donors (Lipinski definition) is 1. The first kappa shape index (κ1) is 10.6. The highest BCUT2D eigenvalue weighted by atomic mass is 14.9. The molecule has 0 radical (unpaired) electrons. The van der Waals surface area contributed by atoms with E-state index in [9.17, 15) is 0 Å². The Hall–Kier alpha value is -0.890. The molecule has 2 heteroatoms. The normalized spacial score (nSPS) is 21.3. The summed E-state index contributed by atoms with van der Waals surface area (Å²) in [5, 5.41) is 3.58. The second kappa shape index (κ2) is 4.75. The lowest BCUT2D eigenvalue weighted by atomic mass is 9.95. The fourth-order valence-corrected chi connectivity index (χ4v) is 2.67. The first-order chi connectivity index (χ1) is 7.36. The third kappa shape index (κ3) is 2.05. The fourth-order valence-electron chi connectivity index (χ4n) is 2.67. The molecule has 0 aromatic carbocycles. The van der Waals surface area contributed by atoms with Crippen LogP contribution in [0.15, 0.2) is 18.3 Å². The van der Waals surface area contributed by atoms with E-state index in [1.165, 1.54) is 30.5 Å². The Morgan fingerprint density at radius 1 is 1.53 bits per heavy atom. The van der Waals surface area contributed by atoms with Crippen molar-refractivity contribution in [1.82, 2.24) is 10.3 Å². The van der Waals surface area contributed by atoms with Crippen molar-refractivity contribution in [2.24, 2.45) is 0 Å². The topological polar surface area (TPSA) is 24.9 Å². The summed E-state index contributed by atoms with van der Waals surface area (Å²) in [5.74, 6) is 0.631. The summed E-state index contributed by atoms with van der Waals surface area (Å²) in [6, 6.07) is 4.88. The van der Waals surface area contributed by atoms with Gasteiger partial charge in [-0.2, -0.15) is 0 Å². The average molecular weight is 204 g/mol. The van der Waals surface area contributed by atoms with Crippen molar-refractivity contribution >= 4 is 0 Å². The lowest BCUT2D eigenvalue weighted by Crippen LogP contribution is -2.33. The molecule has 2 rings (SSSR count). The van der Waals surface area contributed by atoms with Gasteiger partial charge in [0.1, 0.15) is 0 Å². The van der Waals surface area contributed by atoms with Crippen LogP contribution in [-0.2, 0) is 6.42 Å². The summed E-state index contributed by atoms with van der Waals surface area (Å²) >= 11 is 0. The summed E-state index contributed by atoms with van der Waals surface area (Å²) in [6.07, 6.45) is 5.58. The molecule has 2 nitrogen and oxygen atoms in total. The van der Waals surface area contributed by atoms with Gasteiger partial charge < -0.3 is 5.32 Å². The highest BCUT2D eigenvalue weighted by Crippen LogP contribution is 2.34. The second-order valence-electron chi connectivity index (χ2n) is 4.27. The molecule has 1 aliphatic rings. The molecule has 1 aromatic heterocycles. The quantitative estimate of drug-likeness (QED) is 0.815. The van der Waals surface area contributed by atoms with Crippen LogP contribution >= 0.6 is 0 Å². The van der Waals surface area contributed by atoms with E-state index in [0.29, 0.717) is 12.0 Å². The largest absolute Gasteiger partial charge is 0.314 e. The minimum atomic E-state index is 0.603. The van der Waals surface area contributed by atoms with Crippen molar-refractivity contribution in [3.05, 3.63) is 29.6 Å². The van der Waals surface area contributed by atoms with Gasteiger partial charge in [-0.3, -0.25) is 4.98 Å². The number of fused-ring (bicyclic) bond motifs is 1. The number of aromatic nitrogens is 1. The lowest BCUT2D eigenvalue weighted by molar-refractivity contribution is 0.421. The zero-order chi connectivity index (χ0) is 10.7. The molecule has 15 heavy (non-hydrogen) atoms. The van der Waals surface area contributed by atoms with Crippen LogP contribution in [0.2, 0.25) is 0 Å². The van der Waals surface area contributed by atoms with Crippen molar-refractivity contribution in [3.63, 3.8) is 0 Å². The SMILES string of the molecule is CCNC(CC)C1CCc2cccnc21. The van der Waals surface area contributed by atoms with Crippen LogP contribution in [0.3, 0.4) is 0 Å². The predicted octanol–water partition coefficient (Wildman–Crippen LogP) is 2.50. The molecule has 0 amide bonds. The standard InChI is InChI=1S/C13H20N2/c1-3-12(14-4-2)11-8-7-10-6-5-9-15-13(10)11/h5-6,9,11-12,14H,3-4,7-8H2,1-2H3. The molecule has 0 aliphatic heterocycles. The molecule has 82 valence electrons. The number of rotatable bonds is 4. The Bertz CT molecular complexity index is 322. The van der Waals surface area contributed by atoms with Gasteiger partial charge in [0.05, 0.1) is 0 Å². The van der Waals surface area contributed by atoms with E-state index in [1.807, 2.05) is 6.20 Å². The molecule has 0 bridgehead atoms. The van der Waals surface area contributed by atoms with Crippen LogP contribution in [0.5, 0.6) is 0 Å². The van der Waals surface area contributed by atoms with E-state index in [2.05, 4.69) is 36.3 Å². The number of hydrogen-bond acceptors (Lipinski definition) is 2. The van der Waals surface area contributed by atoms with E-state index in [0.717, 1.165) is 6.54 Å². The monoisotopic (exact) mass is 204 g/mol. The fraction of sp³-hybridized carbons (Fsp3) is 0.615. The van der Waals surface area contributed by atoms with Gasteiger partial charge in [0.25, 0.3) is 0 Å². The number of pyridine rings is 1. The summed E-state index contributed by atoms with van der Waals surface area (Å²) in [7, 11) is 0. The molecule has 1 aliphatic carbocycles. The van der Waals surface area contributed by atoms with Crippen LogP contribution < -0.4 is 5.32 Å². The average Bonchev–Trinajstić information content (AvgIpc) is 2.70. The van der Waals surface area contributed by atoms with Gasteiger partial charge in [-0.1, -0.05) is 19.9 Å². The zero-order valence-corrected chi connectivity index (χ0v) is 9.66. The van der Waals surface area contributed by atoms with Gasteiger partial charge in [0.2, 0.25) is 0 Å². The van der Waals surface area contributed by atoms with Crippen molar-refractivity contribution in [3.8, 4) is 0 Å². The number of likely N-dealkylation sites (N-methyl/N-ethyl adjacent to an activating group) is 1. The van der Waals surface area contributed by atoms with Crippen molar-refractivity contribution in [2.75, 3.05) is 6.54 Å². The van der Waals surface area contributed by atoms with Crippen LogP contribution in [-0.4, -0.2) is 17.6 Å². The third-order valence-electron chi connectivity index (χ3n) is 3.39. The maximum absolute atomic E-state index is 4.55. The Balaban J connectivity index is 2.18. The second-order valence-corrected chi connectivity index (χ2v) is 4.27. The van der Waals surface area contributed by atoms with Gasteiger partial charge in [0, 0.05) is 23.9 Å². The molecular formula is C13H20N2. The van der Waals surface area contributed by atoms with Gasteiger partial charge in [-0.15, -0.1) is 0 Å². The summed E-state index contributed by atoms with van der Waals surface area (Å²) in [6.45, 7) is 5.49. The minimum Gasteiger partial charge on any atom is -0.314 e. The van der Waals surface area contributed by atoms with E-state index in [4.69, 9.17) is 0 Å². The van der Waals surface area contributed by atoms with Gasteiger partial charge in [-0.25, -0.2) is 0 Å². The maximum atomic E-state index is 4.55. The molecule has 2 atom stereocenters. The molecule has 1 aromatic rings. The van der Waals surface area contributed by atoms with Crippen LogP contribution in [0.1, 0.15) is 43.9 Å². The third-order valence-corrected chi connectivity index (χ3v) is 3.39. The van der Waals surface area contributed by atoms with Gasteiger partial charge >= 0.3 is 0 Å². The van der Waals surface area contributed by atoms with Crippen molar-refractivity contribution in [1.29, 1.82) is 0 Å². The number of nitrogens with one attached hydrogen (secondary N) is 1. The Kier molecular flexibility index (Phi) is 3.37. The summed E-state index contributed by atoms with van der Waals surface area (Å²) in [5.41, 5.74) is 2.80. The highest BCUT2D eigenvalue weighted by molar-refractivity contribution is 5.29. The molecular weight excluding hydrogens is 184 g/mol. The predicted molar refractivity (Wildman–Crippen MR) is 63.1 cm³/mol. The molecule has 0 spiro atoms. The molecule has 2 unspecified atom stereocenters. The van der Waals surface area contributed by atoms with E-state index in [-0.39, 0.29) is 0 Å². The maximum Gasteiger partial charge on any atom is 0.0482 e. The van der Waals surface area contributed by atoms with Gasteiger partial charge in [-0.05, 0) is 37.4 Å². The molecule has 1 heterocycles. The molecule has 0 saturated carbocycles. The van der Waals surface area contributed by atoms with E-state index >= 15 is 0 Å². The summed E-state index contributed by atoms with van der Waals surface area (Å²) in [4.78, 5) is 4.55. The van der Waals surface area contributed by atoms with E-state index in [1.54, 1.807) is 0 Å². The minimum absolute atomic E-state index is 0.603. The van der Waals surface area contributed by atoms with Gasteiger partial charge in [0.15, 0.2) is 0 Å². The Morgan fingerprint density at radius 3 is 3.13 bits per heavy atom. The highest BCUT2D eigenvalue weighted by Gasteiger charge is 2.29. The first-order valence-corrected chi connectivity index (χ1v) is 6.04. The van der Waals surface area contributed by atoms with Crippen molar-refractivity contribution in [2.45, 2.75) is 45.1 Å². The molecule has 0 fully saturated rings. The lowest BCUT2D eigenvalue weighted by Gasteiger charge is -2.23.